The first kappa shape index (κ1) is 15.9. The summed E-state index contributed by atoms with van der Waals surface area (Å²) >= 11 is 8.54. The van der Waals surface area contributed by atoms with Gasteiger partial charge in [-0.25, -0.2) is 0 Å². The number of ether oxygens (including phenoxy) is 2. The molecule has 2 atom stereocenters. The lowest BCUT2D eigenvalue weighted by Crippen LogP contribution is -2.05. The number of hydrogen-bond donors (Lipinski definition) is 2. The largest absolute Gasteiger partial charge is 0.376 e. The van der Waals surface area contributed by atoms with Gasteiger partial charge in [0, 0.05) is 10.5 Å². The molecule has 4 heteroatoms. The Morgan fingerprint density at radius 1 is 0.833 bits per heavy atom. The van der Waals surface area contributed by atoms with E-state index in [4.69, 9.17) is 9.47 Å². The predicted molar refractivity (Wildman–Crippen MR) is 82.7 cm³/mol. The Morgan fingerprint density at radius 2 is 1.17 bits per heavy atom. The molecule has 0 fully saturated rings. The van der Waals surface area contributed by atoms with Crippen LogP contribution in [-0.4, -0.2) is 23.7 Å². The standard InChI is InChI=1S/C14H22O2S2/c1-11(17)7-15-9-13-3-5-14(6-4-13)10-16-8-12(2)18/h3-6,11-12,17-18H,7-10H2,1-2H3. The van der Waals surface area contributed by atoms with Gasteiger partial charge >= 0.3 is 0 Å². The third kappa shape index (κ3) is 7.31. The summed E-state index contributed by atoms with van der Waals surface area (Å²) in [4.78, 5) is 0. The smallest absolute Gasteiger partial charge is 0.0717 e. The van der Waals surface area contributed by atoms with E-state index >= 15 is 0 Å². The van der Waals surface area contributed by atoms with Crippen molar-refractivity contribution in [2.24, 2.45) is 0 Å². The monoisotopic (exact) mass is 286 g/mol. The highest BCUT2D eigenvalue weighted by Crippen LogP contribution is 2.08. The molecule has 1 aromatic carbocycles. The van der Waals surface area contributed by atoms with E-state index in [0.29, 0.717) is 26.4 Å². The maximum atomic E-state index is 5.52. The molecule has 0 N–H and O–H groups in total. The molecule has 0 aliphatic carbocycles. The topological polar surface area (TPSA) is 18.5 Å². The summed E-state index contributed by atoms with van der Waals surface area (Å²) in [5.74, 6) is 0. The Bertz CT molecular complexity index is 290. The summed E-state index contributed by atoms with van der Waals surface area (Å²) in [5.41, 5.74) is 2.35. The van der Waals surface area contributed by atoms with E-state index in [1.54, 1.807) is 0 Å². The highest BCUT2D eigenvalue weighted by atomic mass is 32.1. The van der Waals surface area contributed by atoms with Crippen molar-refractivity contribution >= 4 is 25.3 Å². The van der Waals surface area contributed by atoms with Crippen LogP contribution in [0.25, 0.3) is 0 Å². The van der Waals surface area contributed by atoms with Gasteiger partial charge in [0.25, 0.3) is 0 Å². The number of thiol groups is 2. The molecule has 0 aliphatic heterocycles. The number of benzene rings is 1. The van der Waals surface area contributed by atoms with Crippen molar-refractivity contribution in [2.45, 2.75) is 37.6 Å². The first-order chi connectivity index (χ1) is 8.58. The van der Waals surface area contributed by atoms with Gasteiger partial charge in [-0.15, -0.1) is 0 Å². The van der Waals surface area contributed by atoms with E-state index in [1.165, 1.54) is 11.1 Å². The summed E-state index contributed by atoms with van der Waals surface area (Å²) < 4.78 is 11.0. The summed E-state index contributed by atoms with van der Waals surface area (Å²) in [7, 11) is 0. The van der Waals surface area contributed by atoms with E-state index in [0.717, 1.165) is 0 Å². The minimum Gasteiger partial charge on any atom is -0.376 e. The molecular weight excluding hydrogens is 264 g/mol. The van der Waals surface area contributed by atoms with Gasteiger partial charge in [0.15, 0.2) is 0 Å². The summed E-state index contributed by atoms with van der Waals surface area (Å²) in [6.45, 7) is 6.67. The Kier molecular flexibility index (Phi) is 7.82. The van der Waals surface area contributed by atoms with Crippen LogP contribution in [0.1, 0.15) is 25.0 Å². The Labute approximate surface area is 121 Å². The van der Waals surface area contributed by atoms with E-state index in [2.05, 4.69) is 49.5 Å². The second kappa shape index (κ2) is 8.86. The maximum Gasteiger partial charge on any atom is 0.0717 e. The highest BCUT2D eigenvalue weighted by molar-refractivity contribution is 7.81. The Hall–Kier alpha value is -0.160. The van der Waals surface area contributed by atoms with Crippen LogP contribution in [0.3, 0.4) is 0 Å². The molecule has 0 amide bonds. The van der Waals surface area contributed by atoms with Crippen molar-refractivity contribution in [3.8, 4) is 0 Å². The summed E-state index contributed by atoms with van der Waals surface area (Å²) in [5, 5.41) is 0.557. The van der Waals surface area contributed by atoms with Crippen LogP contribution in [0.2, 0.25) is 0 Å². The first-order valence-corrected chi connectivity index (χ1v) is 7.20. The van der Waals surface area contributed by atoms with Crippen LogP contribution in [0.15, 0.2) is 24.3 Å². The molecule has 0 spiro atoms. The average molecular weight is 286 g/mol. The molecule has 1 aromatic rings. The molecule has 18 heavy (non-hydrogen) atoms. The van der Waals surface area contributed by atoms with Crippen LogP contribution < -0.4 is 0 Å². The van der Waals surface area contributed by atoms with Crippen LogP contribution in [-0.2, 0) is 22.7 Å². The molecular formula is C14H22O2S2. The van der Waals surface area contributed by atoms with Gasteiger partial charge in [0.05, 0.1) is 26.4 Å². The van der Waals surface area contributed by atoms with E-state index in [1.807, 2.05) is 13.8 Å². The lowest BCUT2D eigenvalue weighted by atomic mass is 10.1. The fourth-order valence-corrected chi connectivity index (χ4v) is 1.64. The third-order valence-corrected chi connectivity index (χ3v) is 2.58. The molecule has 0 aromatic heterocycles. The zero-order valence-electron chi connectivity index (χ0n) is 11.0. The normalized spacial score (nSPS) is 14.4. The lowest BCUT2D eigenvalue weighted by molar-refractivity contribution is 0.123. The third-order valence-electron chi connectivity index (χ3n) is 2.28. The van der Waals surface area contributed by atoms with Crippen LogP contribution in [0.4, 0.5) is 0 Å². The molecule has 0 bridgehead atoms. The Morgan fingerprint density at radius 3 is 1.44 bits per heavy atom. The zero-order chi connectivity index (χ0) is 13.4. The lowest BCUT2D eigenvalue weighted by Gasteiger charge is -2.08. The van der Waals surface area contributed by atoms with Crippen molar-refractivity contribution in [2.75, 3.05) is 13.2 Å². The fourth-order valence-electron chi connectivity index (χ4n) is 1.43. The second-order valence-electron chi connectivity index (χ2n) is 4.54. The van der Waals surface area contributed by atoms with Gasteiger partial charge in [-0.05, 0) is 11.1 Å². The summed E-state index contributed by atoms with van der Waals surface area (Å²) in [6, 6.07) is 8.30. The molecule has 102 valence electrons. The van der Waals surface area contributed by atoms with E-state index in [9.17, 15) is 0 Å². The molecule has 0 saturated carbocycles. The van der Waals surface area contributed by atoms with Gasteiger partial charge < -0.3 is 9.47 Å². The van der Waals surface area contributed by atoms with E-state index in [-0.39, 0.29) is 10.5 Å². The predicted octanol–water partition coefficient (Wildman–Crippen LogP) is 3.36. The molecule has 2 unspecified atom stereocenters. The molecule has 2 nitrogen and oxygen atoms in total. The quantitative estimate of drug-likeness (QED) is 0.714. The fraction of sp³-hybridized carbons (Fsp3) is 0.571. The molecule has 0 radical (unpaired) electrons. The van der Waals surface area contributed by atoms with Gasteiger partial charge in [0.1, 0.15) is 0 Å². The van der Waals surface area contributed by atoms with Gasteiger partial charge in [-0.1, -0.05) is 38.1 Å². The SMILES string of the molecule is CC(S)COCc1ccc(COCC(C)S)cc1. The first-order valence-electron chi connectivity index (χ1n) is 6.17. The van der Waals surface area contributed by atoms with E-state index < -0.39 is 0 Å². The molecule has 1 rings (SSSR count). The van der Waals surface area contributed by atoms with Crippen molar-refractivity contribution in [3.63, 3.8) is 0 Å². The highest BCUT2D eigenvalue weighted by Gasteiger charge is 1.99. The number of hydrogen-bond acceptors (Lipinski definition) is 4. The molecule has 0 saturated heterocycles. The minimum atomic E-state index is 0.279. The van der Waals surface area contributed by atoms with Crippen molar-refractivity contribution in [1.29, 1.82) is 0 Å². The zero-order valence-corrected chi connectivity index (χ0v) is 12.8. The minimum absolute atomic E-state index is 0.279. The van der Waals surface area contributed by atoms with Crippen molar-refractivity contribution < 1.29 is 9.47 Å². The van der Waals surface area contributed by atoms with Gasteiger partial charge in [-0.2, -0.15) is 25.3 Å². The molecule has 0 heterocycles. The average Bonchev–Trinajstić information content (AvgIpc) is 2.30. The van der Waals surface area contributed by atoms with Crippen LogP contribution in [0.5, 0.6) is 0 Å². The van der Waals surface area contributed by atoms with Gasteiger partial charge in [-0.3, -0.25) is 0 Å². The summed E-state index contributed by atoms with van der Waals surface area (Å²) in [6.07, 6.45) is 0. The van der Waals surface area contributed by atoms with Crippen LogP contribution >= 0.6 is 25.3 Å². The van der Waals surface area contributed by atoms with Crippen molar-refractivity contribution in [1.82, 2.24) is 0 Å². The maximum absolute atomic E-state index is 5.52. The van der Waals surface area contributed by atoms with Crippen LogP contribution in [0, 0.1) is 0 Å². The Balaban J connectivity index is 2.28. The van der Waals surface area contributed by atoms with Crippen molar-refractivity contribution in [3.05, 3.63) is 35.4 Å². The number of rotatable bonds is 8. The van der Waals surface area contributed by atoms with Gasteiger partial charge in [0.2, 0.25) is 0 Å². The molecule has 0 aliphatic rings. The second-order valence-corrected chi connectivity index (χ2v) is 6.31.